The summed E-state index contributed by atoms with van der Waals surface area (Å²) in [6, 6.07) is 10.8. The molecule has 0 radical (unpaired) electrons. The van der Waals surface area contributed by atoms with Crippen molar-refractivity contribution < 1.29 is 0 Å². The maximum Gasteiger partial charge on any atom is 0.0315 e. The lowest BCUT2D eigenvalue weighted by Gasteiger charge is -2.14. The van der Waals surface area contributed by atoms with Crippen LogP contribution in [0.5, 0.6) is 0 Å². The number of nitrogens with zero attached hydrogens (tertiary/aromatic N) is 1. The molecule has 0 saturated carbocycles. The van der Waals surface area contributed by atoms with E-state index in [-0.39, 0.29) is 0 Å². The molecule has 1 atom stereocenters. The predicted molar refractivity (Wildman–Crippen MR) is 78.4 cm³/mol. The van der Waals surface area contributed by atoms with E-state index in [4.69, 9.17) is 0 Å². The van der Waals surface area contributed by atoms with Gasteiger partial charge in [-0.2, -0.15) is 0 Å². The summed E-state index contributed by atoms with van der Waals surface area (Å²) in [5.41, 5.74) is 3.78. The van der Waals surface area contributed by atoms with E-state index in [1.54, 1.807) is 6.20 Å². The van der Waals surface area contributed by atoms with Crippen LogP contribution in [-0.4, -0.2) is 4.98 Å². The maximum atomic E-state index is 4.14. The number of benzene rings is 1. The van der Waals surface area contributed by atoms with Gasteiger partial charge in [-0.15, -0.1) is 0 Å². The summed E-state index contributed by atoms with van der Waals surface area (Å²) in [5, 5.41) is 3.51. The van der Waals surface area contributed by atoms with Crippen molar-refractivity contribution in [3.63, 3.8) is 0 Å². The topological polar surface area (TPSA) is 24.9 Å². The van der Waals surface area contributed by atoms with Crippen LogP contribution in [-0.2, 0) is 6.54 Å². The molecule has 2 nitrogen and oxygen atoms in total. The highest BCUT2D eigenvalue weighted by Crippen LogP contribution is 2.18. The summed E-state index contributed by atoms with van der Waals surface area (Å²) >= 11 is 3.52. The summed E-state index contributed by atoms with van der Waals surface area (Å²) in [5.74, 6) is 0. The van der Waals surface area contributed by atoms with Gasteiger partial charge in [0.1, 0.15) is 0 Å². The van der Waals surface area contributed by atoms with Crippen molar-refractivity contribution in [2.45, 2.75) is 26.4 Å². The lowest BCUT2D eigenvalue weighted by molar-refractivity contribution is 0.573. The Morgan fingerprint density at radius 2 is 2.17 bits per heavy atom. The zero-order valence-corrected chi connectivity index (χ0v) is 12.2. The Bertz CT molecular complexity index is 511. The van der Waals surface area contributed by atoms with Crippen molar-refractivity contribution in [1.29, 1.82) is 0 Å². The van der Waals surface area contributed by atoms with Crippen molar-refractivity contribution in [1.82, 2.24) is 10.3 Å². The lowest BCUT2D eigenvalue weighted by atomic mass is 10.1. The first kappa shape index (κ1) is 13.2. The number of aryl methyl sites for hydroxylation is 1. The van der Waals surface area contributed by atoms with Crippen molar-refractivity contribution in [3.05, 3.63) is 63.9 Å². The maximum absolute atomic E-state index is 4.14. The third kappa shape index (κ3) is 3.40. The van der Waals surface area contributed by atoms with Gasteiger partial charge in [-0.1, -0.05) is 34.1 Å². The van der Waals surface area contributed by atoms with Gasteiger partial charge in [0.05, 0.1) is 0 Å². The molecule has 1 N–H and O–H groups in total. The monoisotopic (exact) mass is 304 g/mol. The second-order valence-electron chi connectivity index (χ2n) is 4.47. The number of nitrogens with one attached hydrogen (secondary N) is 1. The molecular formula is C15H17BrN2. The first-order valence-electron chi connectivity index (χ1n) is 6.05. The number of pyridine rings is 1. The Balaban J connectivity index is 1.97. The lowest BCUT2D eigenvalue weighted by Crippen LogP contribution is -2.18. The molecule has 0 spiro atoms. The van der Waals surface area contributed by atoms with Gasteiger partial charge in [0.2, 0.25) is 0 Å². The minimum Gasteiger partial charge on any atom is -0.306 e. The van der Waals surface area contributed by atoms with E-state index in [9.17, 15) is 0 Å². The summed E-state index contributed by atoms with van der Waals surface area (Å²) < 4.78 is 1.16. The summed E-state index contributed by atoms with van der Waals surface area (Å²) in [6.45, 7) is 5.13. The highest BCUT2D eigenvalue weighted by Gasteiger charge is 2.04. The van der Waals surface area contributed by atoms with Gasteiger partial charge in [-0.25, -0.2) is 0 Å². The zero-order chi connectivity index (χ0) is 13.0. The second kappa shape index (κ2) is 6.12. The fraction of sp³-hybridized carbons (Fsp3) is 0.267. The van der Waals surface area contributed by atoms with Crippen LogP contribution >= 0.6 is 15.9 Å². The number of hydrogen-bond donors (Lipinski definition) is 1. The van der Waals surface area contributed by atoms with E-state index in [0.29, 0.717) is 6.04 Å². The third-order valence-electron chi connectivity index (χ3n) is 3.02. The Labute approximate surface area is 117 Å². The molecule has 0 aliphatic heterocycles. The first-order valence-corrected chi connectivity index (χ1v) is 6.84. The van der Waals surface area contributed by atoms with Crippen LogP contribution in [0.2, 0.25) is 0 Å². The van der Waals surface area contributed by atoms with Crippen LogP contribution < -0.4 is 5.32 Å². The average molecular weight is 305 g/mol. The van der Waals surface area contributed by atoms with Crippen LogP contribution in [0.3, 0.4) is 0 Å². The molecular weight excluding hydrogens is 288 g/mol. The molecule has 1 aromatic heterocycles. The molecule has 2 aromatic rings. The highest BCUT2D eigenvalue weighted by molar-refractivity contribution is 9.10. The molecule has 0 fully saturated rings. The molecule has 0 bridgehead atoms. The second-order valence-corrected chi connectivity index (χ2v) is 5.33. The molecule has 0 unspecified atom stereocenters. The third-order valence-corrected chi connectivity index (χ3v) is 3.91. The van der Waals surface area contributed by atoms with Gasteiger partial charge in [-0.05, 0) is 42.7 Å². The minimum atomic E-state index is 0.308. The van der Waals surface area contributed by atoms with E-state index in [1.807, 2.05) is 12.3 Å². The smallest absolute Gasteiger partial charge is 0.0315 e. The van der Waals surface area contributed by atoms with Gasteiger partial charge in [0.15, 0.2) is 0 Å². The predicted octanol–water partition coefficient (Wildman–Crippen LogP) is 4.00. The number of rotatable bonds is 4. The molecule has 2 rings (SSSR count). The van der Waals surface area contributed by atoms with E-state index in [0.717, 1.165) is 11.0 Å². The molecule has 0 aliphatic rings. The number of hydrogen-bond acceptors (Lipinski definition) is 2. The zero-order valence-electron chi connectivity index (χ0n) is 10.7. The molecule has 0 saturated heterocycles. The van der Waals surface area contributed by atoms with Gasteiger partial charge < -0.3 is 5.32 Å². The molecule has 0 amide bonds. The molecule has 18 heavy (non-hydrogen) atoms. The van der Waals surface area contributed by atoms with Crippen molar-refractivity contribution in [2.75, 3.05) is 0 Å². The average Bonchev–Trinajstić information content (AvgIpc) is 2.41. The minimum absolute atomic E-state index is 0.308. The van der Waals surface area contributed by atoms with Crippen LogP contribution in [0.1, 0.15) is 29.7 Å². The SMILES string of the molecule is Cc1cc(CN[C@H](C)c2cccnc2)ccc1Br. The summed E-state index contributed by atoms with van der Waals surface area (Å²) in [7, 11) is 0. The van der Waals surface area contributed by atoms with Gasteiger partial charge in [-0.3, -0.25) is 4.98 Å². The highest BCUT2D eigenvalue weighted by atomic mass is 79.9. The Morgan fingerprint density at radius 1 is 1.33 bits per heavy atom. The van der Waals surface area contributed by atoms with E-state index >= 15 is 0 Å². The largest absolute Gasteiger partial charge is 0.306 e. The van der Waals surface area contributed by atoms with Gasteiger partial charge >= 0.3 is 0 Å². The summed E-state index contributed by atoms with van der Waals surface area (Å²) in [4.78, 5) is 4.14. The Kier molecular flexibility index (Phi) is 4.50. The molecule has 1 heterocycles. The quantitative estimate of drug-likeness (QED) is 0.923. The van der Waals surface area contributed by atoms with Crippen LogP contribution in [0.4, 0.5) is 0 Å². The van der Waals surface area contributed by atoms with Crippen molar-refractivity contribution in [2.24, 2.45) is 0 Å². The van der Waals surface area contributed by atoms with E-state index in [1.165, 1.54) is 16.7 Å². The number of halogens is 1. The van der Waals surface area contributed by atoms with Crippen molar-refractivity contribution >= 4 is 15.9 Å². The molecule has 3 heteroatoms. The Morgan fingerprint density at radius 3 is 2.83 bits per heavy atom. The normalized spacial score (nSPS) is 12.4. The standard InChI is InChI=1S/C15H17BrN2/c1-11-8-13(5-6-15(11)16)9-18-12(2)14-4-3-7-17-10-14/h3-8,10,12,18H,9H2,1-2H3/t12-/m1/s1. The van der Waals surface area contributed by atoms with Gasteiger partial charge in [0.25, 0.3) is 0 Å². The van der Waals surface area contributed by atoms with Crippen LogP contribution in [0.25, 0.3) is 0 Å². The number of aromatic nitrogens is 1. The summed E-state index contributed by atoms with van der Waals surface area (Å²) in [6.07, 6.45) is 3.71. The Hall–Kier alpha value is -1.19. The van der Waals surface area contributed by atoms with Crippen LogP contribution in [0.15, 0.2) is 47.2 Å². The van der Waals surface area contributed by atoms with Crippen molar-refractivity contribution in [3.8, 4) is 0 Å². The fourth-order valence-electron chi connectivity index (χ4n) is 1.84. The fourth-order valence-corrected chi connectivity index (χ4v) is 2.08. The molecule has 0 aliphatic carbocycles. The first-order chi connectivity index (χ1) is 8.66. The van der Waals surface area contributed by atoms with Gasteiger partial charge in [0, 0.05) is 29.5 Å². The van der Waals surface area contributed by atoms with E-state index in [2.05, 4.69) is 64.3 Å². The molecule has 1 aromatic carbocycles. The van der Waals surface area contributed by atoms with E-state index < -0.39 is 0 Å². The molecule has 94 valence electrons. The van der Waals surface area contributed by atoms with Crippen LogP contribution in [0, 0.1) is 6.92 Å².